The maximum Gasteiger partial charge on any atom is 0.196 e. The number of carbonyl (C=O) groups is 1. The van der Waals surface area contributed by atoms with Crippen molar-refractivity contribution >= 4 is 40.5 Å². The van der Waals surface area contributed by atoms with Crippen LogP contribution in [-0.4, -0.2) is 5.78 Å². The van der Waals surface area contributed by atoms with E-state index in [1.54, 1.807) is 23.5 Å². The third-order valence-electron chi connectivity index (χ3n) is 5.69. The Morgan fingerprint density at radius 2 is 0.765 bits per heavy atom. The van der Waals surface area contributed by atoms with Crippen LogP contribution >= 0.6 is 23.5 Å². The van der Waals surface area contributed by atoms with Gasteiger partial charge in [-0.05, 0) is 22.3 Å². The Kier molecular flexibility index (Phi) is 7.13. The number of hydrogen-bond donors (Lipinski definition) is 0. The minimum atomic E-state index is 0.114. The van der Waals surface area contributed by atoms with Crippen LogP contribution in [0, 0.1) is 0 Å². The van der Waals surface area contributed by atoms with Gasteiger partial charge in [0.1, 0.15) is 0 Å². The van der Waals surface area contributed by atoms with Crippen LogP contribution in [0.5, 0.6) is 0 Å². The number of hydrogen-bond acceptors (Lipinski definition) is 3. The van der Waals surface area contributed by atoms with E-state index in [0.29, 0.717) is 0 Å². The van der Waals surface area contributed by atoms with Gasteiger partial charge in [-0.3, -0.25) is 4.79 Å². The van der Waals surface area contributed by atoms with Crippen LogP contribution in [0.15, 0.2) is 131 Å². The largest absolute Gasteiger partial charge is 0.288 e. The zero-order valence-corrected chi connectivity index (χ0v) is 20.3. The van der Waals surface area contributed by atoms with Gasteiger partial charge in [-0.15, -0.1) is 23.5 Å². The molecule has 1 aliphatic rings. The fourth-order valence-corrected chi connectivity index (χ4v) is 6.56. The van der Waals surface area contributed by atoms with Gasteiger partial charge < -0.3 is 0 Å². The topological polar surface area (TPSA) is 17.1 Å². The first-order valence-corrected chi connectivity index (χ1v) is 13.3. The molecule has 0 saturated heterocycles. The van der Waals surface area contributed by atoms with E-state index in [4.69, 9.17) is 0 Å². The van der Waals surface area contributed by atoms with Gasteiger partial charge in [0.2, 0.25) is 0 Å². The average molecular weight is 477 g/mol. The van der Waals surface area contributed by atoms with Crippen LogP contribution in [0.2, 0.25) is 0 Å². The summed E-state index contributed by atoms with van der Waals surface area (Å²) in [7, 11) is 0. The van der Waals surface area contributed by atoms with Crippen LogP contribution in [0.1, 0.15) is 22.3 Å². The highest BCUT2D eigenvalue weighted by atomic mass is 32.2. The molecule has 0 unspecified atom stereocenters. The van der Waals surface area contributed by atoms with Crippen molar-refractivity contribution in [3.05, 3.63) is 153 Å². The molecule has 5 rings (SSSR count). The lowest BCUT2D eigenvalue weighted by atomic mass is 9.97. The second kappa shape index (κ2) is 10.8. The van der Waals surface area contributed by atoms with E-state index < -0.39 is 0 Å². The molecule has 1 aliphatic carbocycles. The molecule has 0 fully saturated rings. The fourth-order valence-electron chi connectivity index (χ4n) is 4.03. The molecule has 0 saturated carbocycles. The molecular weight excluding hydrogens is 452 g/mol. The van der Waals surface area contributed by atoms with Gasteiger partial charge in [0, 0.05) is 32.5 Å². The first-order valence-electron chi connectivity index (χ1n) is 11.3. The molecule has 0 heterocycles. The first-order chi connectivity index (χ1) is 16.8. The van der Waals surface area contributed by atoms with Crippen molar-refractivity contribution < 1.29 is 4.79 Å². The molecule has 1 nitrogen and oxygen atoms in total. The lowest BCUT2D eigenvalue weighted by Crippen LogP contribution is -2.01. The number of Topliss-reactive ketones (excluding diaryl/α,β-unsaturated/α-hetero) is 1. The van der Waals surface area contributed by atoms with Crippen LogP contribution in [-0.2, 0) is 16.3 Å². The molecule has 166 valence electrons. The Bertz CT molecular complexity index is 1220. The summed E-state index contributed by atoms with van der Waals surface area (Å²) in [5.41, 5.74) is 6.09. The molecule has 4 aromatic rings. The summed E-state index contributed by atoms with van der Waals surface area (Å²) < 4.78 is 0. The summed E-state index contributed by atoms with van der Waals surface area (Å²) >= 11 is 3.53. The fraction of sp³-hybridized carbons (Fsp3) is 0.0645. The van der Waals surface area contributed by atoms with Crippen LogP contribution in [0.25, 0.3) is 11.1 Å². The average Bonchev–Trinajstić information content (AvgIpc) is 3.19. The number of rotatable bonds is 8. The van der Waals surface area contributed by atoms with Gasteiger partial charge in [-0.1, -0.05) is 121 Å². The smallest absolute Gasteiger partial charge is 0.196 e. The minimum absolute atomic E-state index is 0.114. The Hall–Kier alpha value is -3.27. The predicted octanol–water partition coefficient (Wildman–Crippen LogP) is 8.26. The van der Waals surface area contributed by atoms with E-state index in [1.807, 2.05) is 72.8 Å². The lowest BCUT2D eigenvalue weighted by molar-refractivity contribution is -0.108. The van der Waals surface area contributed by atoms with Crippen LogP contribution in [0.4, 0.5) is 0 Å². The molecule has 0 bridgehead atoms. The Labute approximate surface area is 209 Å². The van der Waals surface area contributed by atoms with Crippen molar-refractivity contribution in [1.29, 1.82) is 0 Å². The zero-order valence-electron chi connectivity index (χ0n) is 18.7. The molecule has 0 N–H and O–H groups in total. The maximum absolute atomic E-state index is 14.0. The summed E-state index contributed by atoms with van der Waals surface area (Å²) in [6.45, 7) is 0. The van der Waals surface area contributed by atoms with Gasteiger partial charge in [-0.2, -0.15) is 0 Å². The highest BCUT2D eigenvalue weighted by molar-refractivity contribution is 8.08. The highest BCUT2D eigenvalue weighted by Gasteiger charge is 2.34. The van der Waals surface area contributed by atoms with Crippen molar-refractivity contribution in [2.45, 2.75) is 11.5 Å². The summed E-state index contributed by atoms with van der Waals surface area (Å²) in [5.74, 6) is 1.75. The van der Waals surface area contributed by atoms with E-state index in [9.17, 15) is 4.79 Å². The van der Waals surface area contributed by atoms with Crippen LogP contribution in [0.3, 0.4) is 0 Å². The Morgan fingerprint density at radius 1 is 0.441 bits per heavy atom. The summed E-state index contributed by atoms with van der Waals surface area (Å²) in [4.78, 5) is 16.2. The molecular formula is C31H24OS2. The van der Waals surface area contributed by atoms with Crippen molar-refractivity contribution in [2.24, 2.45) is 0 Å². The molecule has 0 spiro atoms. The third kappa shape index (κ3) is 4.96. The van der Waals surface area contributed by atoms with Crippen molar-refractivity contribution in [1.82, 2.24) is 0 Å². The van der Waals surface area contributed by atoms with Gasteiger partial charge in [0.15, 0.2) is 5.78 Å². The van der Waals surface area contributed by atoms with Crippen molar-refractivity contribution in [2.75, 3.05) is 0 Å². The van der Waals surface area contributed by atoms with E-state index in [-0.39, 0.29) is 5.78 Å². The van der Waals surface area contributed by atoms with Gasteiger partial charge in [0.05, 0.1) is 0 Å². The standard InChI is InChI=1S/C31H24OS2/c32-29-27(25-17-9-3-10-18-25)30(33-21-23-13-5-1-6-14-23)31(28(29)26-19-11-4-12-20-26)34-22-24-15-7-2-8-16-24/h1-20H,21-22H2. The molecule has 3 heteroatoms. The first kappa shape index (κ1) is 22.5. The molecule has 0 atom stereocenters. The second-order valence-electron chi connectivity index (χ2n) is 8.02. The molecule has 0 aliphatic heterocycles. The van der Waals surface area contributed by atoms with Crippen molar-refractivity contribution in [3.8, 4) is 0 Å². The van der Waals surface area contributed by atoms with E-state index in [1.165, 1.54) is 11.1 Å². The number of carbonyl (C=O) groups excluding carboxylic acids is 1. The third-order valence-corrected chi connectivity index (χ3v) is 8.17. The van der Waals surface area contributed by atoms with Crippen LogP contribution < -0.4 is 0 Å². The van der Waals surface area contributed by atoms with E-state index in [0.717, 1.165) is 43.6 Å². The zero-order chi connectivity index (χ0) is 23.2. The summed E-state index contributed by atoms with van der Waals surface area (Å²) in [6, 6.07) is 41.1. The normalized spacial score (nSPS) is 13.6. The Balaban J connectivity index is 1.60. The monoisotopic (exact) mass is 476 g/mol. The quantitative estimate of drug-likeness (QED) is 0.255. The number of allylic oxidation sites excluding steroid dienone is 2. The molecule has 0 radical (unpaired) electrons. The summed E-state index contributed by atoms with van der Waals surface area (Å²) in [5, 5.41) is 0. The lowest BCUT2D eigenvalue weighted by Gasteiger charge is -2.12. The maximum atomic E-state index is 14.0. The summed E-state index contributed by atoms with van der Waals surface area (Å²) in [6.07, 6.45) is 0. The van der Waals surface area contributed by atoms with Gasteiger partial charge >= 0.3 is 0 Å². The van der Waals surface area contributed by atoms with Crippen molar-refractivity contribution in [3.63, 3.8) is 0 Å². The van der Waals surface area contributed by atoms with E-state index >= 15 is 0 Å². The molecule has 4 aromatic carbocycles. The molecule has 34 heavy (non-hydrogen) atoms. The molecule has 0 amide bonds. The number of thioether (sulfide) groups is 2. The Morgan fingerprint density at radius 3 is 1.12 bits per heavy atom. The number of ketones is 1. The molecule has 0 aromatic heterocycles. The van der Waals surface area contributed by atoms with E-state index in [2.05, 4.69) is 48.5 Å². The van der Waals surface area contributed by atoms with Gasteiger partial charge in [-0.25, -0.2) is 0 Å². The SMILES string of the molecule is O=C1C(c2ccccc2)=C(SCc2ccccc2)C(SCc2ccccc2)=C1c1ccccc1. The predicted molar refractivity (Wildman–Crippen MR) is 147 cm³/mol. The second-order valence-corrected chi connectivity index (χ2v) is 9.99. The number of benzene rings is 4. The minimum Gasteiger partial charge on any atom is -0.288 e. The highest BCUT2D eigenvalue weighted by Crippen LogP contribution is 2.51. The van der Waals surface area contributed by atoms with Gasteiger partial charge in [0.25, 0.3) is 0 Å².